The number of halogens is 4. The Morgan fingerprint density at radius 1 is 1.26 bits per heavy atom. The molecule has 1 aromatic rings. The van der Waals surface area contributed by atoms with E-state index in [0.29, 0.717) is 19.4 Å². The normalized spacial score (nSPS) is 18.2. The third-order valence-electron chi connectivity index (χ3n) is 3.99. The average Bonchev–Trinajstić information content (AvgIpc) is 2.54. The number of carbonyl (C=O) groups excluding carboxylic acids is 2. The lowest BCUT2D eigenvalue weighted by molar-refractivity contribution is -0.137. The van der Waals surface area contributed by atoms with Crippen LogP contribution in [0.15, 0.2) is 18.2 Å². The Balaban J connectivity index is 2.09. The van der Waals surface area contributed by atoms with Crippen LogP contribution in [0.4, 0.5) is 23.7 Å². The van der Waals surface area contributed by atoms with Gasteiger partial charge in [0.2, 0.25) is 5.91 Å². The van der Waals surface area contributed by atoms with Crippen LogP contribution >= 0.6 is 11.6 Å². The minimum Gasteiger partial charge on any atom is -0.444 e. The number of anilines is 1. The van der Waals surface area contributed by atoms with Crippen LogP contribution in [0.1, 0.15) is 39.2 Å². The summed E-state index contributed by atoms with van der Waals surface area (Å²) in [5.41, 5.74) is -2.04. The standard InChI is InChI=1S/C18H22ClF3N2O3/c1-17(2,3)27-16(26)24-8-4-5-11(10-24)15(25)23-14-7-6-12(19)9-13(14)18(20,21)22/h6-7,9,11H,4-5,8,10H2,1-3H3,(H,23,25). The summed E-state index contributed by atoms with van der Waals surface area (Å²) in [4.78, 5) is 26.1. The summed E-state index contributed by atoms with van der Waals surface area (Å²) in [7, 11) is 0. The van der Waals surface area contributed by atoms with Gasteiger partial charge in [-0.15, -0.1) is 0 Å². The molecule has 27 heavy (non-hydrogen) atoms. The number of hydrogen-bond acceptors (Lipinski definition) is 3. The number of nitrogens with one attached hydrogen (secondary N) is 1. The van der Waals surface area contributed by atoms with E-state index < -0.39 is 35.3 Å². The van der Waals surface area contributed by atoms with E-state index in [1.54, 1.807) is 20.8 Å². The zero-order chi connectivity index (χ0) is 20.4. The fourth-order valence-corrected chi connectivity index (χ4v) is 2.95. The Kier molecular flexibility index (Phi) is 6.29. The lowest BCUT2D eigenvalue weighted by Gasteiger charge is -2.33. The number of ether oxygens (including phenoxy) is 1. The summed E-state index contributed by atoms with van der Waals surface area (Å²) in [6.45, 7) is 5.73. The van der Waals surface area contributed by atoms with Gasteiger partial charge >= 0.3 is 12.3 Å². The molecule has 1 heterocycles. The highest BCUT2D eigenvalue weighted by Crippen LogP contribution is 2.37. The molecular weight excluding hydrogens is 385 g/mol. The smallest absolute Gasteiger partial charge is 0.418 e. The number of alkyl halides is 3. The molecule has 1 aromatic carbocycles. The summed E-state index contributed by atoms with van der Waals surface area (Å²) in [5, 5.41) is 2.25. The zero-order valence-electron chi connectivity index (χ0n) is 15.3. The number of nitrogens with zero attached hydrogens (tertiary/aromatic N) is 1. The Bertz CT molecular complexity index is 717. The number of benzene rings is 1. The molecule has 1 fully saturated rings. The number of rotatable bonds is 2. The molecule has 1 aliphatic rings. The fourth-order valence-electron chi connectivity index (χ4n) is 2.78. The SMILES string of the molecule is CC(C)(C)OC(=O)N1CCCC(C(=O)Nc2ccc(Cl)cc2C(F)(F)F)C1. The maximum absolute atomic E-state index is 13.2. The van der Waals surface area contributed by atoms with Gasteiger partial charge in [-0.1, -0.05) is 11.6 Å². The van der Waals surface area contributed by atoms with Crippen molar-refractivity contribution in [3.8, 4) is 0 Å². The van der Waals surface area contributed by atoms with Crippen molar-refractivity contribution in [2.24, 2.45) is 5.92 Å². The maximum Gasteiger partial charge on any atom is 0.418 e. The second-order valence-corrected chi connectivity index (χ2v) is 7.88. The van der Waals surface area contributed by atoms with E-state index >= 15 is 0 Å². The van der Waals surface area contributed by atoms with Crippen LogP contribution in [-0.2, 0) is 15.7 Å². The van der Waals surface area contributed by atoms with Gasteiger partial charge in [0.05, 0.1) is 17.2 Å². The largest absolute Gasteiger partial charge is 0.444 e. The van der Waals surface area contributed by atoms with Crippen molar-refractivity contribution in [3.05, 3.63) is 28.8 Å². The lowest BCUT2D eigenvalue weighted by atomic mass is 9.97. The molecule has 1 aliphatic heterocycles. The summed E-state index contributed by atoms with van der Waals surface area (Å²) in [6.07, 6.45) is -4.16. The van der Waals surface area contributed by atoms with Gasteiger partial charge in [0.15, 0.2) is 0 Å². The molecule has 2 amide bonds. The molecule has 1 N–H and O–H groups in total. The van der Waals surface area contributed by atoms with E-state index in [9.17, 15) is 22.8 Å². The summed E-state index contributed by atoms with van der Waals surface area (Å²) < 4.78 is 44.8. The number of carbonyl (C=O) groups is 2. The molecule has 0 bridgehead atoms. The topological polar surface area (TPSA) is 58.6 Å². The van der Waals surface area contributed by atoms with E-state index in [-0.39, 0.29) is 17.3 Å². The number of likely N-dealkylation sites (tertiary alicyclic amines) is 1. The molecule has 0 spiro atoms. The van der Waals surface area contributed by atoms with Gasteiger partial charge in [-0.2, -0.15) is 13.2 Å². The van der Waals surface area contributed by atoms with E-state index in [2.05, 4.69) is 5.32 Å². The first-order valence-electron chi connectivity index (χ1n) is 8.52. The van der Waals surface area contributed by atoms with Crippen molar-refractivity contribution in [3.63, 3.8) is 0 Å². The van der Waals surface area contributed by atoms with Crippen molar-refractivity contribution in [1.29, 1.82) is 0 Å². The van der Waals surface area contributed by atoms with E-state index in [1.165, 1.54) is 11.0 Å². The third kappa shape index (κ3) is 6.02. The van der Waals surface area contributed by atoms with Crippen LogP contribution in [-0.4, -0.2) is 35.6 Å². The molecule has 9 heteroatoms. The van der Waals surface area contributed by atoms with E-state index in [1.807, 2.05) is 0 Å². The summed E-state index contributed by atoms with van der Waals surface area (Å²) >= 11 is 5.64. The first-order valence-corrected chi connectivity index (χ1v) is 8.90. The van der Waals surface area contributed by atoms with Crippen LogP contribution < -0.4 is 5.32 Å². The van der Waals surface area contributed by atoms with Gasteiger partial charge in [-0.3, -0.25) is 4.79 Å². The molecule has 0 saturated carbocycles. The first kappa shape index (κ1) is 21.3. The molecular formula is C18H22ClF3N2O3. The average molecular weight is 407 g/mol. The van der Waals surface area contributed by atoms with Crippen LogP contribution in [0.2, 0.25) is 5.02 Å². The van der Waals surface area contributed by atoms with Gasteiger partial charge in [0.25, 0.3) is 0 Å². The molecule has 0 aromatic heterocycles. The van der Waals surface area contributed by atoms with Gasteiger partial charge < -0.3 is 15.0 Å². The second kappa shape index (κ2) is 7.96. The maximum atomic E-state index is 13.2. The van der Waals surface area contributed by atoms with Crippen LogP contribution in [0.3, 0.4) is 0 Å². The fraction of sp³-hybridized carbons (Fsp3) is 0.556. The number of amides is 2. The molecule has 1 atom stereocenters. The van der Waals surface area contributed by atoms with Crippen LogP contribution in [0.25, 0.3) is 0 Å². The summed E-state index contributed by atoms with van der Waals surface area (Å²) in [6, 6.07) is 3.17. The number of hydrogen-bond donors (Lipinski definition) is 1. The highest BCUT2D eigenvalue weighted by molar-refractivity contribution is 6.30. The Hall–Kier alpha value is -1.96. The monoisotopic (exact) mass is 406 g/mol. The van der Waals surface area contributed by atoms with Crippen molar-refractivity contribution >= 4 is 29.3 Å². The highest BCUT2D eigenvalue weighted by Gasteiger charge is 2.36. The Morgan fingerprint density at radius 2 is 1.93 bits per heavy atom. The second-order valence-electron chi connectivity index (χ2n) is 7.44. The lowest BCUT2D eigenvalue weighted by Crippen LogP contribution is -2.45. The molecule has 5 nitrogen and oxygen atoms in total. The predicted molar refractivity (Wildman–Crippen MR) is 95.6 cm³/mol. The Labute approximate surface area is 160 Å². The first-order chi connectivity index (χ1) is 12.4. The van der Waals surface area contributed by atoms with Crippen LogP contribution in [0, 0.1) is 5.92 Å². The molecule has 2 rings (SSSR count). The van der Waals surface area contributed by atoms with Gasteiger partial charge in [0, 0.05) is 18.1 Å². The van der Waals surface area contributed by atoms with Crippen molar-refractivity contribution < 1.29 is 27.5 Å². The van der Waals surface area contributed by atoms with Crippen molar-refractivity contribution in [2.45, 2.75) is 45.4 Å². The molecule has 150 valence electrons. The van der Waals surface area contributed by atoms with Gasteiger partial charge in [-0.25, -0.2) is 4.79 Å². The van der Waals surface area contributed by atoms with Crippen LogP contribution in [0.5, 0.6) is 0 Å². The minimum absolute atomic E-state index is 0.0749. The highest BCUT2D eigenvalue weighted by atomic mass is 35.5. The zero-order valence-corrected chi connectivity index (χ0v) is 16.1. The molecule has 1 unspecified atom stereocenters. The minimum atomic E-state index is -4.65. The van der Waals surface area contributed by atoms with Crippen molar-refractivity contribution in [2.75, 3.05) is 18.4 Å². The molecule has 0 radical (unpaired) electrons. The number of piperidine rings is 1. The van der Waals surface area contributed by atoms with Gasteiger partial charge in [0.1, 0.15) is 5.60 Å². The Morgan fingerprint density at radius 3 is 2.52 bits per heavy atom. The van der Waals surface area contributed by atoms with E-state index in [4.69, 9.17) is 16.3 Å². The quantitative estimate of drug-likeness (QED) is 0.756. The van der Waals surface area contributed by atoms with E-state index in [0.717, 1.165) is 12.1 Å². The summed E-state index contributed by atoms with van der Waals surface area (Å²) in [5.74, 6) is -1.20. The van der Waals surface area contributed by atoms with Crippen molar-refractivity contribution in [1.82, 2.24) is 4.90 Å². The molecule has 1 saturated heterocycles. The van der Waals surface area contributed by atoms with Gasteiger partial charge in [-0.05, 0) is 51.8 Å². The third-order valence-corrected chi connectivity index (χ3v) is 4.22. The molecule has 0 aliphatic carbocycles. The predicted octanol–water partition coefficient (Wildman–Crippen LogP) is 4.94.